The molecule has 0 bridgehead atoms. The SMILES string of the molecule is CN(C)CCC(Oc1ccccc1CO)c1ccccc1. The first kappa shape index (κ1) is 15.5. The minimum absolute atomic E-state index is 0.00857. The van der Waals surface area contributed by atoms with Crippen molar-refractivity contribution in [1.82, 2.24) is 4.90 Å². The van der Waals surface area contributed by atoms with Crippen LogP contribution in [-0.2, 0) is 6.61 Å². The van der Waals surface area contributed by atoms with Crippen LogP contribution in [0.25, 0.3) is 0 Å². The van der Waals surface area contributed by atoms with Gasteiger partial charge in [0.25, 0.3) is 0 Å². The molecule has 1 unspecified atom stereocenters. The molecule has 1 atom stereocenters. The van der Waals surface area contributed by atoms with Crippen LogP contribution in [-0.4, -0.2) is 30.6 Å². The average molecular weight is 285 g/mol. The Labute approximate surface area is 126 Å². The van der Waals surface area contributed by atoms with Crippen LogP contribution < -0.4 is 4.74 Å². The first-order valence-corrected chi connectivity index (χ1v) is 7.26. The summed E-state index contributed by atoms with van der Waals surface area (Å²) >= 11 is 0. The fourth-order valence-corrected chi connectivity index (χ4v) is 2.24. The lowest BCUT2D eigenvalue weighted by Gasteiger charge is -2.22. The third-order valence-corrected chi connectivity index (χ3v) is 3.42. The van der Waals surface area contributed by atoms with Crippen molar-refractivity contribution in [1.29, 1.82) is 0 Å². The molecule has 2 aromatic carbocycles. The van der Waals surface area contributed by atoms with Gasteiger partial charge in [-0.1, -0.05) is 48.5 Å². The monoisotopic (exact) mass is 285 g/mol. The molecular formula is C18H23NO2. The van der Waals surface area contributed by atoms with E-state index in [1.54, 1.807) is 0 Å². The number of hydrogen-bond donors (Lipinski definition) is 1. The van der Waals surface area contributed by atoms with Crippen molar-refractivity contribution in [2.24, 2.45) is 0 Å². The first-order valence-electron chi connectivity index (χ1n) is 7.26. The minimum atomic E-state index is -0.0127. The largest absolute Gasteiger partial charge is 0.485 e. The fraction of sp³-hybridized carbons (Fsp3) is 0.333. The fourth-order valence-electron chi connectivity index (χ4n) is 2.24. The Kier molecular flexibility index (Phi) is 5.78. The molecule has 3 heteroatoms. The number of para-hydroxylation sites is 1. The summed E-state index contributed by atoms with van der Waals surface area (Å²) in [4.78, 5) is 2.15. The quantitative estimate of drug-likeness (QED) is 0.847. The summed E-state index contributed by atoms with van der Waals surface area (Å²) in [5.41, 5.74) is 1.98. The molecule has 0 aliphatic carbocycles. The Morgan fingerprint density at radius 1 is 1.00 bits per heavy atom. The van der Waals surface area contributed by atoms with Crippen LogP contribution in [0.2, 0.25) is 0 Å². The summed E-state index contributed by atoms with van der Waals surface area (Å²) in [6.45, 7) is 0.937. The van der Waals surface area contributed by atoms with Crippen LogP contribution in [0.3, 0.4) is 0 Å². The second-order valence-electron chi connectivity index (χ2n) is 5.37. The lowest BCUT2D eigenvalue weighted by Crippen LogP contribution is -2.19. The van der Waals surface area contributed by atoms with Crippen LogP contribution in [0.15, 0.2) is 54.6 Å². The van der Waals surface area contributed by atoms with Gasteiger partial charge in [-0.15, -0.1) is 0 Å². The van der Waals surface area contributed by atoms with E-state index in [-0.39, 0.29) is 12.7 Å². The number of benzene rings is 2. The van der Waals surface area contributed by atoms with Crippen LogP contribution >= 0.6 is 0 Å². The molecule has 0 aliphatic rings. The Morgan fingerprint density at radius 2 is 1.67 bits per heavy atom. The molecular weight excluding hydrogens is 262 g/mol. The van der Waals surface area contributed by atoms with Crippen molar-refractivity contribution in [2.75, 3.05) is 20.6 Å². The summed E-state index contributed by atoms with van der Waals surface area (Å²) in [7, 11) is 4.12. The molecule has 21 heavy (non-hydrogen) atoms. The second-order valence-corrected chi connectivity index (χ2v) is 5.37. The maximum absolute atomic E-state index is 9.43. The van der Waals surface area contributed by atoms with Gasteiger partial charge in [0, 0.05) is 18.5 Å². The van der Waals surface area contributed by atoms with Gasteiger partial charge in [-0.3, -0.25) is 0 Å². The summed E-state index contributed by atoms with van der Waals surface area (Å²) in [6, 6.07) is 17.9. The molecule has 0 spiro atoms. The predicted molar refractivity (Wildman–Crippen MR) is 85.3 cm³/mol. The highest BCUT2D eigenvalue weighted by Crippen LogP contribution is 2.27. The standard InChI is InChI=1S/C18H23NO2/c1-19(2)13-12-18(15-8-4-3-5-9-15)21-17-11-7-6-10-16(17)14-20/h3-11,18,20H,12-14H2,1-2H3. The highest BCUT2D eigenvalue weighted by Gasteiger charge is 2.15. The van der Waals surface area contributed by atoms with Crippen molar-refractivity contribution < 1.29 is 9.84 Å². The van der Waals surface area contributed by atoms with Crippen molar-refractivity contribution in [2.45, 2.75) is 19.1 Å². The van der Waals surface area contributed by atoms with Crippen LogP contribution in [0.5, 0.6) is 5.75 Å². The van der Waals surface area contributed by atoms with Crippen molar-refractivity contribution in [3.05, 3.63) is 65.7 Å². The summed E-state index contributed by atoms with van der Waals surface area (Å²) in [5, 5.41) is 9.43. The van der Waals surface area contributed by atoms with E-state index in [0.717, 1.165) is 29.8 Å². The number of hydrogen-bond acceptors (Lipinski definition) is 3. The van der Waals surface area contributed by atoms with Crippen molar-refractivity contribution in [3.63, 3.8) is 0 Å². The number of ether oxygens (including phenoxy) is 1. The van der Waals surface area contributed by atoms with E-state index < -0.39 is 0 Å². The van der Waals surface area contributed by atoms with Gasteiger partial charge in [0.1, 0.15) is 11.9 Å². The maximum Gasteiger partial charge on any atom is 0.125 e. The van der Waals surface area contributed by atoms with E-state index in [1.165, 1.54) is 0 Å². The van der Waals surface area contributed by atoms with Crippen LogP contribution in [0, 0.1) is 0 Å². The van der Waals surface area contributed by atoms with Crippen LogP contribution in [0.4, 0.5) is 0 Å². The molecule has 0 aliphatic heterocycles. The minimum Gasteiger partial charge on any atom is -0.485 e. The first-order chi connectivity index (χ1) is 10.2. The van der Waals surface area contributed by atoms with Crippen molar-refractivity contribution >= 4 is 0 Å². The van der Waals surface area contributed by atoms with Gasteiger partial charge in [-0.05, 0) is 25.7 Å². The van der Waals surface area contributed by atoms with E-state index in [1.807, 2.05) is 42.5 Å². The molecule has 0 radical (unpaired) electrons. The summed E-state index contributed by atoms with van der Waals surface area (Å²) in [5.74, 6) is 0.757. The Morgan fingerprint density at radius 3 is 2.33 bits per heavy atom. The Balaban J connectivity index is 2.19. The zero-order valence-corrected chi connectivity index (χ0v) is 12.7. The maximum atomic E-state index is 9.43. The smallest absolute Gasteiger partial charge is 0.125 e. The molecule has 0 fully saturated rings. The van der Waals surface area contributed by atoms with E-state index >= 15 is 0 Å². The van der Waals surface area contributed by atoms with Gasteiger partial charge in [-0.2, -0.15) is 0 Å². The van der Waals surface area contributed by atoms with Gasteiger partial charge < -0.3 is 14.7 Å². The van der Waals surface area contributed by atoms with Gasteiger partial charge in [0.05, 0.1) is 6.61 Å². The third-order valence-electron chi connectivity index (χ3n) is 3.42. The van der Waals surface area contributed by atoms with Crippen molar-refractivity contribution in [3.8, 4) is 5.75 Å². The Hall–Kier alpha value is -1.84. The number of aliphatic hydroxyl groups excluding tert-OH is 1. The molecule has 0 saturated heterocycles. The average Bonchev–Trinajstić information content (AvgIpc) is 2.52. The topological polar surface area (TPSA) is 32.7 Å². The molecule has 2 rings (SSSR count). The summed E-state index contributed by atoms with van der Waals surface area (Å²) in [6.07, 6.45) is 0.887. The normalized spacial score (nSPS) is 12.4. The molecule has 3 nitrogen and oxygen atoms in total. The zero-order valence-electron chi connectivity index (χ0n) is 12.7. The van der Waals surface area contributed by atoms with Crippen LogP contribution in [0.1, 0.15) is 23.7 Å². The predicted octanol–water partition coefficient (Wildman–Crippen LogP) is 3.25. The molecule has 0 aromatic heterocycles. The lowest BCUT2D eigenvalue weighted by atomic mass is 10.1. The number of nitrogens with zero attached hydrogens (tertiary/aromatic N) is 1. The molecule has 112 valence electrons. The van der Waals surface area contributed by atoms with E-state index in [4.69, 9.17) is 4.74 Å². The highest BCUT2D eigenvalue weighted by molar-refractivity contribution is 5.33. The third kappa shape index (κ3) is 4.59. The molecule has 0 saturated carbocycles. The number of rotatable bonds is 7. The zero-order chi connectivity index (χ0) is 15.1. The van der Waals surface area contributed by atoms with E-state index in [9.17, 15) is 5.11 Å². The highest BCUT2D eigenvalue weighted by atomic mass is 16.5. The van der Waals surface area contributed by atoms with Gasteiger partial charge >= 0.3 is 0 Å². The number of aliphatic hydroxyl groups is 1. The molecule has 1 N–H and O–H groups in total. The van der Waals surface area contributed by atoms with Gasteiger partial charge in [0.2, 0.25) is 0 Å². The van der Waals surface area contributed by atoms with E-state index in [2.05, 4.69) is 31.1 Å². The summed E-state index contributed by atoms with van der Waals surface area (Å²) < 4.78 is 6.19. The molecule has 0 heterocycles. The van der Waals surface area contributed by atoms with Gasteiger partial charge in [-0.25, -0.2) is 0 Å². The second kappa shape index (κ2) is 7.81. The lowest BCUT2D eigenvalue weighted by molar-refractivity contribution is 0.173. The van der Waals surface area contributed by atoms with Gasteiger partial charge in [0.15, 0.2) is 0 Å². The Bertz CT molecular complexity index is 540. The molecule has 2 aromatic rings. The van der Waals surface area contributed by atoms with E-state index in [0.29, 0.717) is 0 Å². The molecule has 0 amide bonds.